The number of aromatic nitrogens is 4. The van der Waals surface area contributed by atoms with E-state index in [1.54, 1.807) is 18.9 Å². The Morgan fingerprint density at radius 2 is 1.64 bits per heavy atom. The van der Waals surface area contributed by atoms with E-state index < -0.39 is 6.10 Å². The van der Waals surface area contributed by atoms with Crippen LogP contribution in [0.5, 0.6) is 0 Å². The molecule has 0 fully saturated rings. The highest BCUT2D eigenvalue weighted by Gasteiger charge is 2.09. The van der Waals surface area contributed by atoms with Gasteiger partial charge in [0.25, 0.3) is 0 Å². The molecule has 2 heterocycles. The molecule has 2 atom stereocenters. The fourth-order valence-corrected chi connectivity index (χ4v) is 3.02. The summed E-state index contributed by atoms with van der Waals surface area (Å²) in [5, 5.41) is 9.78. The highest BCUT2D eigenvalue weighted by Crippen LogP contribution is 2.18. The number of hydrogen-bond acceptors (Lipinski definition) is 3. The van der Waals surface area contributed by atoms with Crippen LogP contribution in [0.25, 0.3) is 0 Å². The Bertz CT molecular complexity index is 890. The van der Waals surface area contributed by atoms with Gasteiger partial charge in [0.2, 0.25) is 0 Å². The largest absolute Gasteiger partial charge is 0.386 e. The van der Waals surface area contributed by atoms with Gasteiger partial charge in [0, 0.05) is 24.5 Å². The first kappa shape index (κ1) is 19.6. The van der Waals surface area contributed by atoms with Gasteiger partial charge in [-0.1, -0.05) is 67.6 Å². The summed E-state index contributed by atoms with van der Waals surface area (Å²) in [7, 11) is 0. The lowest BCUT2D eigenvalue weighted by atomic mass is 9.97. The van der Waals surface area contributed by atoms with Crippen molar-refractivity contribution in [2.75, 3.05) is 0 Å². The molecule has 144 valence electrons. The van der Waals surface area contributed by atoms with Crippen LogP contribution < -0.4 is 0 Å². The molecule has 0 saturated carbocycles. The molecule has 0 aliphatic rings. The van der Waals surface area contributed by atoms with E-state index in [9.17, 15) is 5.11 Å². The molecular formula is C23H26N4O. The Morgan fingerprint density at radius 3 is 2.25 bits per heavy atom. The minimum absolute atomic E-state index is 0.524. The van der Waals surface area contributed by atoms with Crippen molar-refractivity contribution in [1.29, 1.82) is 0 Å². The van der Waals surface area contributed by atoms with E-state index in [0.717, 1.165) is 12.0 Å². The smallest absolute Gasteiger partial charge is 0.101 e. The molecule has 5 nitrogen and oxygen atoms in total. The molecule has 4 rings (SSSR count). The van der Waals surface area contributed by atoms with Crippen LogP contribution in [-0.2, 0) is 12.8 Å². The Morgan fingerprint density at radius 1 is 0.929 bits per heavy atom. The molecular weight excluding hydrogens is 348 g/mol. The topological polar surface area (TPSA) is 77.6 Å². The van der Waals surface area contributed by atoms with Crippen LogP contribution in [0.3, 0.4) is 0 Å². The molecule has 5 heteroatoms. The highest BCUT2D eigenvalue weighted by molar-refractivity contribution is 5.20. The molecule has 28 heavy (non-hydrogen) atoms. The number of imidazole rings is 2. The number of hydrogen-bond donors (Lipinski definition) is 3. The Kier molecular flexibility index (Phi) is 7.15. The van der Waals surface area contributed by atoms with Gasteiger partial charge in [0.15, 0.2) is 0 Å². The molecule has 0 radical (unpaired) electrons. The first-order chi connectivity index (χ1) is 13.7. The van der Waals surface area contributed by atoms with E-state index in [0.29, 0.717) is 18.0 Å². The second kappa shape index (κ2) is 10.2. The van der Waals surface area contributed by atoms with E-state index in [-0.39, 0.29) is 0 Å². The van der Waals surface area contributed by atoms with Crippen LogP contribution >= 0.6 is 0 Å². The third-order valence-electron chi connectivity index (χ3n) is 4.58. The number of nitrogens with one attached hydrogen (secondary N) is 2. The van der Waals surface area contributed by atoms with E-state index in [2.05, 4.69) is 51.1 Å². The molecule has 0 bridgehead atoms. The minimum Gasteiger partial charge on any atom is -0.386 e. The molecule has 0 aliphatic carbocycles. The van der Waals surface area contributed by atoms with Crippen molar-refractivity contribution in [3.05, 3.63) is 108 Å². The molecule has 3 N–H and O–H groups in total. The van der Waals surface area contributed by atoms with Crippen molar-refractivity contribution >= 4 is 0 Å². The maximum absolute atomic E-state index is 9.78. The zero-order valence-electron chi connectivity index (χ0n) is 16.0. The lowest BCUT2D eigenvalue weighted by Gasteiger charge is -2.09. The molecule has 0 amide bonds. The predicted octanol–water partition coefficient (Wildman–Crippen LogP) is 4.44. The lowest BCUT2D eigenvalue weighted by molar-refractivity contribution is 0.174. The first-order valence-corrected chi connectivity index (χ1v) is 9.45. The summed E-state index contributed by atoms with van der Waals surface area (Å²) in [6.45, 7) is 2.23. The number of benzene rings is 2. The molecule has 2 aromatic heterocycles. The van der Waals surface area contributed by atoms with E-state index >= 15 is 0 Å². The van der Waals surface area contributed by atoms with Gasteiger partial charge in [-0.15, -0.1) is 0 Å². The highest BCUT2D eigenvalue weighted by atomic mass is 16.3. The van der Waals surface area contributed by atoms with Gasteiger partial charge in [-0.05, 0) is 23.5 Å². The average Bonchev–Trinajstić information content (AvgIpc) is 3.44. The second-order valence-corrected chi connectivity index (χ2v) is 6.79. The Hall–Kier alpha value is -3.18. The van der Waals surface area contributed by atoms with Gasteiger partial charge in [-0.25, -0.2) is 9.97 Å². The van der Waals surface area contributed by atoms with E-state index in [1.807, 2.05) is 42.6 Å². The van der Waals surface area contributed by atoms with Gasteiger partial charge < -0.3 is 15.1 Å². The number of H-pyrrole nitrogens is 2. The monoisotopic (exact) mass is 374 g/mol. The molecule has 4 aromatic rings. The van der Waals surface area contributed by atoms with Crippen molar-refractivity contribution in [2.24, 2.45) is 0 Å². The van der Waals surface area contributed by atoms with Crippen LogP contribution in [0.1, 0.15) is 41.5 Å². The third-order valence-corrected chi connectivity index (χ3v) is 4.58. The van der Waals surface area contributed by atoms with Gasteiger partial charge in [-0.3, -0.25) is 0 Å². The van der Waals surface area contributed by atoms with Crippen LogP contribution in [0.2, 0.25) is 0 Å². The van der Waals surface area contributed by atoms with Crippen molar-refractivity contribution in [3.63, 3.8) is 0 Å². The maximum Gasteiger partial charge on any atom is 0.101 e. The van der Waals surface area contributed by atoms with Crippen molar-refractivity contribution in [1.82, 2.24) is 19.9 Å². The molecule has 0 saturated heterocycles. The van der Waals surface area contributed by atoms with Gasteiger partial charge in [0.1, 0.15) is 6.10 Å². The number of nitrogens with zero attached hydrogens (tertiary/aromatic N) is 2. The number of rotatable bonds is 6. The van der Waals surface area contributed by atoms with Crippen LogP contribution in [0.15, 0.2) is 85.7 Å². The second-order valence-electron chi connectivity index (χ2n) is 6.79. The predicted molar refractivity (Wildman–Crippen MR) is 111 cm³/mol. The summed E-state index contributed by atoms with van der Waals surface area (Å²) in [5.74, 6) is 0.539. The van der Waals surface area contributed by atoms with Crippen molar-refractivity contribution in [2.45, 2.75) is 31.8 Å². The van der Waals surface area contributed by atoms with Crippen LogP contribution in [-0.4, -0.2) is 25.0 Å². The van der Waals surface area contributed by atoms with E-state index in [1.165, 1.54) is 11.3 Å². The number of aromatic amines is 2. The minimum atomic E-state index is -0.524. The summed E-state index contributed by atoms with van der Waals surface area (Å²) < 4.78 is 0. The summed E-state index contributed by atoms with van der Waals surface area (Å²) in [6, 6.07) is 20.4. The molecule has 0 aliphatic heterocycles. The summed E-state index contributed by atoms with van der Waals surface area (Å²) >= 11 is 0. The van der Waals surface area contributed by atoms with Crippen LogP contribution in [0, 0.1) is 0 Å². The summed E-state index contributed by atoms with van der Waals surface area (Å²) in [6.07, 6.45) is 8.00. The van der Waals surface area contributed by atoms with Crippen LogP contribution in [0.4, 0.5) is 0 Å². The SMILES string of the molecule is CC(Cc1cnc[nH]1)c1ccccc1.OC(Cc1ccccc1)c1c[nH]cn1. The van der Waals surface area contributed by atoms with Crippen molar-refractivity contribution < 1.29 is 5.11 Å². The molecule has 2 unspecified atom stereocenters. The maximum atomic E-state index is 9.78. The Balaban J connectivity index is 0.000000161. The van der Waals surface area contributed by atoms with E-state index in [4.69, 9.17) is 0 Å². The number of aliphatic hydroxyl groups excluding tert-OH is 1. The lowest BCUT2D eigenvalue weighted by Crippen LogP contribution is -2.01. The molecule has 2 aromatic carbocycles. The zero-order valence-corrected chi connectivity index (χ0v) is 16.0. The molecule has 0 spiro atoms. The zero-order chi connectivity index (χ0) is 19.6. The fourth-order valence-electron chi connectivity index (χ4n) is 3.02. The first-order valence-electron chi connectivity index (χ1n) is 9.45. The van der Waals surface area contributed by atoms with Gasteiger partial charge in [0.05, 0.1) is 18.3 Å². The third kappa shape index (κ3) is 5.93. The summed E-state index contributed by atoms with van der Waals surface area (Å²) in [5.41, 5.74) is 4.38. The quantitative estimate of drug-likeness (QED) is 0.467. The Labute approximate surface area is 165 Å². The fraction of sp³-hybridized carbons (Fsp3) is 0.217. The standard InChI is InChI=1S/C12H14N2.C11H12N2O/c1-10(7-12-8-13-9-14-12)11-5-3-2-4-6-11;14-11(10-7-12-8-13-10)6-9-4-2-1-3-5-9/h2-6,8-10H,7H2,1H3,(H,13,14);1-5,7-8,11,14H,6H2,(H,12,13). The van der Waals surface area contributed by atoms with Gasteiger partial charge >= 0.3 is 0 Å². The summed E-state index contributed by atoms with van der Waals surface area (Å²) in [4.78, 5) is 14.0. The van der Waals surface area contributed by atoms with Crippen molar-refractivity contribution in [3.8, 4) is 0 Å². The number of aliphatic hydroxyl groups is 1. The average molecular weight is 374 g/mol. The normalized spacial score (nSPS) is 12.6. The van der Waals surface area contributed by atoms with Gasteiger partial charge in [-0.2, -0.15) is 0 Å².